The molecular formula is C9H22N2S. The number of hydrogen-bond donors (Lipinski definition) is 1. The molecular weight excluding hydrogens is 168 g/mol. The summed E-state index contributed by atoms with van der Waals surface area (Å²) < 4.78 is 0. The van der Waals surface area contributed by atoms with Gasteiger partial charge in [0, 0.05) is 17.8 Å². The van der Waals surface area contributed by atoms with Crippen LogP contribution in [0, 0.1) is 0 Å². The van der Waals surface area contributed by atoms with Crippen molar-refractivity contribution in [2.45, 2.75) is 32.4 Å². The number of hydrogen-bond acceptors (Lipinski definition) is 3. The van der Waals surface area contributed by atoms with Gasteiger partial charge in [-0.15, -0.1) is 0 Å². The van der Waals surface area contributed by atoms with E-state index in [0.717, 1.165) is 13.0 Å². The smallest absolute Gasteiger partial charge is 0.0154 e. The zero-order valence-corrected chi connectivity index (χ0v) is 9.53. The van der Waals surface area contributed by atoms with Gasteiger partial charge in [0.15, 0.2) is 0 Å². The summed E-state index contributed by atoms with van der Waals surface area (Å²) in [5.74, 6) is 1.20. The molecule has 0 saturated heterocycles. The summed E-state index contributed by atoms with van der Waals surface area (Å²) >= 11 is 1.90. The van der Waals surface area contributed by atoms with Gasteiger partial charge in [-0.3, -0.25) is 0 Å². The summed E-state index contributed by atoms with van der Waals surface area (Å²) in [6.07, 6.45) is 3.24. The van der Waals surface area contributed by atoms with Crippen molar-refractivity contribution in [3.05, 3.63) is 0 Å². The van der Waals surface area contributed by atoms with Crippen LogP contribution in [0.15, 0.2) is 0 Å². The summed E-state index contributed by atoms with van der Waals surface area (Å²) in [5.41, 5.74) is 5.68. The monoisotopic (exact) mass is 190 g/mol. The average molecular weight is 190 g/mol. The number of nitrogens with zero attached hydrogens (tertiary/aromatic N) is 1. The van der Waals surface area contributed by atoms with Crippen molar-refractivity contribution in [2.75, 3.05) is 25.6 Å². The van der Waals surface area contributed by atoms with E-state index in [2.05, 4.69) is 32.1 Å². The van der Waals surface area contributed by atoms with Crippen LogP contribution in [-0.4, -0.2) is 42.6 Å². The molecule has 2 unspecified atom stereocenters. The normalized spacial score (nSPS) is 16.5. The van der Waals surface area contributed by atoms with Crippen LogP contribution < -0.4 is 5.73 Å². The molecule has 0 aromatic heterocycles. The Morgan fingerprint density at radius 3 is 2.42 bits per heavy atom. The summed E-state index contributed by atoms with van der Waals surface area (Å²) in [6.45, 7) is 5.43. The molecule has 0 aromatic carbocycles. The predicted molar refractivity (Wildman–Crippen MR) is 58.7 cm³/mol. The molecule has 0 fully saturated rings. The van der Waals surface area contributed by atoms with Crippen molar-refractivity contribution in [1.29, 1.82) is 0 Å². The third-order valence-corrected chi connectivity index (χ3v) is 2.91. The molecule has 0 bridgehead atoms. The van der Waals surface area contributed by atoms with Gasteiger partial charge in [-0.05, 0) is 40.1 Å². The standard InChI is InChI=1S/C9H22N2S/c1-8(10)5-6-11(3)9(2)7-12-4/h8-9H,5-7,10H2,1-4H3. The molecule has 12 heavy (non-hydrogen) atoms. The highest BCUT2D eigenvalue weighted by molar-refractivity contribution is 7.98. The second kappa shape index (κ2) is 6.75. The van der Waals surface area contributed by atoms with Gasteiger partial charge >= 0.3 is 0 Å². The van der Waals surface area contributed by atoms with Crippen molar-refractivity contribution in [2.24, 2.45) is 5.73 Å². The molecule has 2 N–H and O–H groups in total. The minimum absolute atomic E-state index is 0.328. The molecule has 0 aromatic rings. The second-order valence-corrected chi connectivity index (χ2v) is 4.46. The maximum atomic E-state index is 5.68. The first-order chi connectivity index (χ1) is 5.57. The van der Waals surface area contributed by atoms with Crippen molar-refractivity contribution >= 4 is 11.8 Å². The molecule has 74 valence electrons. The van der Waals surface area contributed by atoms with Crippen LogP contribution >= 0.6 is 11.8 Å². The molecule has 2 atom stereocenters. The first kappa shape index (κ1) is 12.3. The average Bonchev–Trinajstić information content (AvgIpc) is 2.00. The second-order valence-electron chi connectivity index (χ2n) is 3.55. The topological polar surface area (TPSA) is 29.3 Å². The van der Waals surface area contributed by atoms with Gasteiger partial charge < -0.3 is 10.6 Å². The van der Waals surface area contributed by atoms with E-state index in [1.165, 1.54) is 5.75 Å². The molecule has 0 aliphatic carbocycles. The van der Waals surface area contributed by atoms with Crippen LogP contribution in [0.4, 0.5) is 0 Å². The number of nitrogens with two attached hydrogens (primary N) is 1. The maximum Gasteiger partial charge on any atom is 0.0154 e. The van der Waals surface area contributed by atoms with E-state index in [4.69, 9.17) is 5.73 Å². The highest BCUT2D eigenvalue weighted by atomic mass is 32.2. The molecule has 0 aliphatic rings. The fourth-order valence-electron chi connectivity index (χ4n) is 0.996. The lowest BCUT2D eigenvalue weighted by Crippen LogP contribution is -2.34. The fraction of sp³-hybridized carbons (Fsp3) is 1.00. The Kier molecular flexibility index (Phi) is 6.90. The fourth-order valence-corrected chi connectivity index (χ4v) is 1.73. The highest BCUT2D eigenvalue weighted by Gasteiger charge is 2.07. The number of thioether (sulfide) groups is 1. The quantitative estimate of drug-likeness (QED) is 0.686. The summed E-state index contributed by atoms with van der Waals surface area (Å²) in [7, 11) is 2.17. The van der Waals surface area contributed by atoms with E-state index in [9.17, 15) is 0 Å². The Bertz CT molecular complexity index is 107. The van der Waals surface area contributed by atoms with Crippen molar-refractivity contribution in [1.82, 2.24) is 4.90 Å². The minimum atomic E-state index is 0.328. The van der Waals surface area contributed by atoms with Crippen LogP contribution in [0.2, 0.25) is 0 Å². The van der Waals surface area contributed by atoms with Crippen LogP contribution in [0.3, 0.4) is 0 Å². The molecule has 0 aliphatic heterocycles. The van der Waals surface area contributed by atoms with Gasteiger partial charge in [-0.1, -0.05) is 0 Å². The van der Waals surface area contributed by atoms with Gasteiger partial charge in [-0.2, -0.15) is 11.8 Å². The van der Waals surface area contributed by atoms with Gasteiger partial charge in [0.25, 0.3) is 0 Å². The van der Waals surface area contributed by atoms with Crippen molar-refractivity contribution in [3.63, 3.8) is 0 Å². The minimum Gasteiger partial charge on any atom is -0.328 e. The molecule has 0 radical (unpaired) electrons. The van der Waals surface area contributed by atoms with E-state index in [1.54, 1.807) is 0 Å². The van der Waals surface area contributed by atoms with Gasteiger partial charge in [0.2, 0.25) is 0 Å². The van der Waals surface area contributed by atoms with E-state index in [1.807, 2.05) is 11.8 Å². The zero-order chi connectivity index (χ0) is 9.56. The van der Waals surface area contributed by atoms with Gasteiger partial charge in [-0.25, -0.2) is 0 Å². The Balaban J connectivity index is 3.49. The lowest BCUT2D eigenvalue weighted by atomic mass is 10.2. The predicted octanol–water partition coefficient (Wildman–Crippen LogP) is 1.41. The molecule has 0 heterocycles. The lowest BCUT2D eigenvalue weighted by Gasteiger charge is -2.24. The highest BCUT2D eigenvalue weighted by Crippen LogP contribution is 2.04. The summed E-state index contributed by atoms with van der Waals surface area (Å²) in [5, 5.41) is 0. The Hall–Kier alpha value is 0.270. The third kappa shape index (κ3) is 5.86. The Labute approximate surface area is 80.9 Å². The van der Waals surface area contributed by atoms with Crippen molar-refractivity contribution in [3.8, 4) is 0 Å². The van der Waals surface area contributed by atoms with Crippen LogP contribution in [0.1, 0.15) is 20.3 Å². The lowest BCUT2D eigenvalue weighted by molar-refractivity contribution is 0.268. The SMILES string of the molecule is CSCC(C)N(C)CCC(C)N. The first-order valence-electron chi connectivity index (χ1n) is 4.52. The van der Waals surface area contributed by atoms with Crippen molar-refractivity contribution < 1.29 is 0 Å². The van der Waals surface area contributed by atoms with Crippen LogP contribution in [0.5, 0.6) is 0 Å². The summed E-state index contributed by atoms with van der Waals surface area (Å²) in [4.78, 5) is 2.37. The third-order valence-electron chi connectivity index (χ3n) is 2.10. The van der Waals surface area contributed by atoms with Crippen LogP contribution in [-0.2, 0) is 0 Å². The molecule has 0 rings (SSSR count). The first-order valence-corrected chi connectivity index (χ1v) is 5.92. The summed E-state index contributed by atoms with van der Waals surface area (Å²) in [6, 6.07) is 0.993. The molecule has 0 saturated carbocycles. The molecule has 2 nitrogen and oxygen atoms in total. The van der Waals surface area contributed by atoms with E-state index >= 15 is 0 Å². The molecule has 3 heteroatoms. The van der Waals surface area contributed by atoms with Gasteiger partial charge in [0.1, 0.15) is 0 Å². The van der Waals surface area contributed by atoms with E-state index < -0.39 is 0 Å². The Morgan fingerprint density at radius 1 is 1.42 bits per heavy atom. The Morgan fingerprint density at radius 2 is 2.00 bits per heavy atom. The maximum absolute atomic E-state index is 5.68. The van der Waals surface area contributed by atoms with E-state index in [-0.39, 0.29) is 0 Å². The van der Waals surface area contributed by atoms with Crippen LogP contribution in [0.25, 0.3) is 0 Å². The van der Waals surface area contributed by atoms with Gasteiger partial charge in [0.05, 0.1) is 0 Å². The molecule has 0 spiro atoms. The van der Waals surface area contributed by atoms with E-state index in [0.29, 0.717) is 12.1 Å². The largest absolute Gasteiger partial charge is 0.328 e. The molecule has 0 amide bonds. The zero-order valence-electron chi connectivity index (χ0n) is 8.71. The number of rotatable bonds is 6.